The van der Waals surface area contributed by atoms with E-state index in [4.69, 9.17) is 28.4 Å². The summed E-state index contributed by atoms with van der Waals surface area (Å²) in [4.78, 5) is 0. The highest BCUT2D eigenvalue weighted by molar-refractivity contribution is 5.44. The predicted octanol–water partition coefficient (Wildman–Crippen LogP) is 3.97. The van der Waals surface area contributed by atoms with Crippen molar-refractivity contribution in [1.29, 1.82) is 0 Å². The van der Waals surface area contributed by atoms with Gasteiger partial charge in [-0.05, 0) is 29.8 Å². The molecular weight excluding hydrogens is 348 g/mol. The molecule has 0 aliphatic carbocycles. The molecule has 1 saturated heterocycles. The summed E-state index contributed by atoms with van der Waals surface area (Å²) >= 11 is 0. The van der Waals surface area contributed by atoms with Gasteiger partial charge in [-0.25, -0.2) is 0 Å². The number of methoxy groups -OCH3 is 1. The van der Waals surface area contributed by atoms with Gasteiger partial charge in [0.1, 0.15) is 0 Å². The van der Waals surface area contributed by atoms with Gasteiger partial charge in [-0.2, -0.15) is 0 Å². The number of fused-ring (bicyclic) bond motifs is 1. The molecule has 6 nitrogen and oxygen atoms in total. The minimum Gasteiger partial charge on any atom is -0.493 e. The quantitative estimate of drug-likeness (QED) is 0.765. The van der Waals surface area contributed by atoms with Crippen LogP contribution in [0, 0.1) is 11.8 Å². The van der Waals surface area contributed by atoms with Crippen molar-refractivity contribution in [3.8, 4) is 23.0 Å². The van der Waals surface area contributed by atoms with E-state index in [0.29, 0.717) is 18.1 Å². The first kappa shape index (κ1) is 17.9. The normalized spacial score (nSPS) is 26.2. The van der Waals surface area contributed by atoms with Gasteiger partial charge in [0.25, 0.3) is 0 Å². The standard InChI is InChI=1S/C21H24O6/c1-13-14(2)21(26-18-7-5-4-6-16(18)22-3)27-20(13)23-11-15-8-9-17-19(10-15)25-12-24-17/h4-10,13-14,20-21H,11-12H2,1-3H3. The molecule has 0 saturated carbocycles. The summed E-state index contributed by atoms with van der Waals surface area (Å²) in [6.07, 6.45) is -0.733. The maximum Gasteiger partial charge on any atom is 0.231 e. The fourth-order valence-corrected chi connectivity index (χ4v) is 3.25. The van der Waals surface area contributed by atoms with Gasteiger partial charge in [0, 0.05) is 11.8 Å². The third-order valence-electron chi connectivity index (χ3n) is 5.12. The van der Waals surface area contributed by atoms with E-state index >= 15 is 0 Å². The second kappa shape index (κ2) is 7.66. The molecule has 2 heterocycles. The van der Waals surface area contributed by atoms with Crippen molar-refractivity contribution >= 4 is 0 Å². The van der Waals surface area contributed by atoms with Crippen LogP contribution in [0.2, 0.25) is 0 Å². The van der Waals surface area contributed by atoms with Gasteiger partial charge in [-0.1, -0.05) is 32.0 Å². The average molecular weight is 372 g/mol. The number of benzene rings is 2. The van der Waals surface area contributed by atoms with E-state index in [0.717, 1.165) is 17.1 Å². The molecule has 2 aliphatic heterocycles. The molecule has 1 fully saturated rings. The van der Waals surface area contributed by atoms with Crippen LogP contribution in [0.1, 0.15) is 19.4 Å². The maximum absolute atomic E-state index is 6.06. The van der Waals surface area contributed by atoms with E-state index in [9.17, 15) is 0 Å². The molecule has 27 heavy (non-hydrogen) atoms. The van der Waals surface area contributed by atoms with Gasteiger partial charge in [0.2, 0.25) is 13.1 Å². The van der Waals surface area contributed by atoms with Crippen LogP contribution in [0.3, 0.4) is 0 Å². The summed E-state index contributed by atoms with van der Waals surface area (Å²) in [5, 5.41) is 0. The monoisotopic (exact) mass is 372 g/mol. The van der Waals surface area contributed by atoms with Gasteiger partial charge in [-0.15, -0.1) is 0 Å². The predicted molar refractivity (Wildman–Crippen MR) is 98.0 cm³/mol. The second-order valence-electron chi connectivity index (χ2n) is 6.86. The van der Waals surface area contributed by atoms with Gasteiger partial charge in [0.05, 0.1) is 13.7 Å². The Labute approximate surface area is 158 Å². The summed E-state index contributed by atoms with van der Waals surface area (Å²) in [7, 11) is 1.63. The van der Waals surface area contributed by atoms with Crippen molar-refractivity contribution < 1.29 is 28.4 Å². The fourth-order valence-electron chi connectivity index (χ4n) is 3.25. The average Bonchev–Trinajstić information content (AvgIpc) is 3.26. The van der Waals surface area contributed by atoms with Crippen LogP contribution in [0.15, 0.2) is 42.5 Å². The van der Waals surface area contributed by atoms with Crippen molar-refractivity contribution in [3.63, 3.8) is 0 Å². The lowest BCUT2D eigenvalue weighted by Crippen LogP contribution is -2.23. The van der Waals surface area contributed by atoms with E-state index in [1.54, 1.807) is 7.11 Å². The van der Waals surface area contributed by atoms with Gasteiger partial charge < -0.3 is 28.4 Å². The number of para-hydroxylation sites is 2. The molecule has 4 unspecified atom stereocenters. The Morgan fingerprint density at radius 3 is 2.48 bits per heavy atom. The van der Waals surface area contributed by atoms with Crippen molar-refractivity contribution in [2.45, 2.75) is 33.0 Å². The molecule has 4 atom stereocenters. The summed E-state index contributed by atoms with van der Waals surface area (Å²) in [6.45, 7) is 4.91. The Kier molecular flexibility index (Phi) is 5.09. The molecule has 0 amide bonds. The molecule has 2 aromatic carbocycles. The first-order valence-electron chi connectivity index (χ1n) is 9.11. The lowest BCUT2D eigenvalue weighted by Gasteiger charge is -2.19. The van der Waals surface area contributed by atoms with Crippen LogP contribution in [0.5, 0.6) is 23.0 Å². The molecule has 0 spiro atoms. The van der Waals surface area contributed by atoms with Crippen LogP contribution in [0.25, 0.3) is 0 Å². The van der Waals surface area contributed by atoms with E-state index in [2.05, 4.69) is 13.8 Å². The first-order valence-corrected chi connectivity index (χ1v) is 9.11. The molecule has 0 aromatic heterocycles. The third kappa shape index (κ3) is 3.68. The Balaban J connectivity index is 1.38. The molecule has 0 radical (unpaired) electrons. The zero-order valence-corrected chi connectivity index (χ0v) is 15.7. The SMILES string of the molecule is COc1ccccc1OC1OC(OCc2ccc3c(c2)OCO3)C(C)C1C. The Morgan fingerprint density at radius 2 is 1.67 bits per heavy atom. The van der Waals surface area contributed by atoms with E-state index < -0.39 is 6.29 Å². The summed E-state index contributed by atoms with van der Waals surface area (Å²) in [5.41, 5.74) is 1.01. The molecule has 0 bridgehead atoms. The Hall–Kier alpha value is -2.44. The van der Waals surface area contributed by atoms with Crippen molar-refractivity contribution in [2.75, 3.05) is 13.9 Å². The number of ether oxygens (including phenoxy) is 6. The van der Waals surface area contributed by atoms with Crippen LogP contribution in [0.4, 0.5) is 0 Å². The molecule has 144 valence electrons. The number of hydrogen-bond acceptors (Lipinski definition) is 6. The minimum absolute atomic E-state index is 0.177. The molecule has 4 rings (SSSR count). The third-order valence-corrected chi connectivity index (χ3v) is 5.12. The van der Waals surface area contributed by atoms with E-state index in [1.807, 2.05) is 42.5 Å². The van der Waals surface area contributed by atoms with Crippen LogP contribution >= 0.6 is 0 Å². The van der Waals surface area contributed by atoms with E-state index in [-0.39, 0.29) is 24.9 Å². The maximum atomic E-state index is 6.06. The lowest BCUT2D eigenvalue weighted by molar-refractivity contribution is -0.192. The highest BCUT2D eigenvalue weighted by Gasteiger charge is 2.41. The smallest absolute Gasteiger partial charge is 0.231 e. The Bertz CT molecular complexity index is 792. The van der Waals surface area contributed by atoms with Gasteiger partial charge in [-0.3, -0.25) is 0 Å². The fraction of sp³-hybridized carbons (Fsp3) is 0.429. The highest BCUT2D eigenvalue weighted by Crippen LogP contribution is 2.38. The number of rotatable bonds is 6. The largest absolute Gasteiger partial charge is 0.493 e. The zero-order chi connectivity index (χ0) is 18.8. The van der Waals surface area contributed by atoms with Gasteiger partial charge >= 0.3 is 0 Å². The molecule has 6 heteroatoms. The lowest BCUT2D eigenvalue weighted by atomic mass is 9.98. The zero-order valence-electron chi connectivity index (χ0n) is 15.7. The molecule has 2 aromatic rings. The second-order valence-corrected chi connectivity index (χ2v) is 6.86. The summed E-state index contributed by atoms with van der Waals surface area (Å²) in [6, 6.07) is 13.4. The Morgan fingerprint density at radius 1 is 0.926 bits per heavy atom. The first-order chi connectivity index (χ1) is 13.2. The van der Waals surface area contributed by atoms with Crippen LogP contribution < -0.4 is 18.9 Å². The summed E-state index contributed by atoms with van der Waals surface area (Å²) < 4.78 is 34.2. The highest BCUT2D eigenvalue weighted by atomic mass is 16.8. The molecule has 2 aliphatic rings. The molecule has 0 N–H and O–H groups in total. The topological polar surface area (TPSA) is 55.4 Å². The van der Waals surface area contributed by atoms with Gasteiger partial charge in [0.15, 0.2) is 29.3 Å². The van der Waals surface area contributed by atoms with Crippen LogP contribution in [-0.4, -0.2) is 26.5 Å². The van der Waals surface area contributed by atoms with Crippen molar-refractivity contribution in [1.82, 2.24) is 0 Å². The minimum atomic E-state index is -0.391. The van der Waals surface area contributed by atoms with Crippen molar-refractivity contribution in [3.05, 3.63) is 48.0 Å². The van der Waals surface area contributed by atoms with Crippen molar-refractivity contribution in [2.24, 2.45) is 11.8 Å². The summed E-state index contributed by atoms with van der Waals surface area (Å²) in [5.74, 6) is 3.24. The number of hydrogen-bond donors (Lipinski definition) is 0. The van der Waals surface area contributed by atoms with E-state index in [1.165, 1.54) is 0 Å². The van der Waals surface area contributed by atoms with Crippen LogP contribution in [-0.2, 0) is 16.1 Å². The molecular formula is C21H24O6.